The van der Waals surface area contributed by atoms with E-state index >= 15 is 0 Å². The standard InChI is InChI=1S/C14H23NO3/c1-15(9-11-18-12-10-16)8-7-13-3-5-14(17-2)6-4-13/h3-6,16H,7-12H2,1-2H3. The van der Waals surface area contributed by atoms with Crippen LogP contribution in [0.2, 0.25) is 0 Å². The molecule has 1 rings (SSSR count). The van der Waals surface area contributed by atoms with Crippen LogP contribution in [0.3, 0.4) is 0 Å². The van der Waals surface area contributed by atoms with Gasteiger partial charge in [-0.05, 0) is 31.2 Å². The molecule has 4 heteroatoms. The molecule has 0 spiro atoms. The van der Waals surface area contributed by atoms with Gasteiger partial charge >= 0.3 is 0 Å². The molecule has 0 aliphatic heterocycles. The predicted octanol–water partition coefficient (Wildman–Crippen LogP) is 1.18. The van der Waals surface area contributed by atoms with Gasteiger partial charge in [0.15, 0.2) is 0 Å². The molecule has 0 heterocycles. The summed E-state index contributed by atoms with van der Waals surface area (Å²) in [5.41, 5.74) is 1.30. The van der Waals surface area contributed by atoms with Crippen LogP contribution in [0.25, 0.3) is 0 Å². The van der Waals surface area contributed by atoms with Crippen LogP contribution < -0.4 is 4.74 Å². The van der Waals surface area contributed by atoms with E-state index < -0.39 is 0 Å². The molecule has 0 aromatic heterocycles. The molecule has 0 saturated carbocycles. The summed E-state index contributed by atoms with van der Waals surface area (Å²) in [7, 11) is 3.75. The van der Waals surface area contributed by atoms with E-state index in [-0.39, 0.29) is 6.61 Å². The van der Waals surface area contributed by atoms with Crippen LogP contribution in [0, 0.1) is 0 Å². The minimum absolute atomic E-state index is 0.0928. The van der Waals surface area contributed by atoms with E-state index in [1.165, 1.54) is 5.56 Å². The SMILES string of the molecule is COc1ccc(CCN(C)CCOCCO)cc1. The van der Waals surface area contributed by atoms with Crippen LogP contribution in [0.5, 0.6) is 5.75 Å². The zero-order valence-electron chi connectivity index (χ0n) is 11.3. The van der Waals surface area contributed by atoms with Gasteiger partial charge < -0.3 is 19.5 Å². The minimum Gasteiger partial charge on any atom is -0.497 e. The first-order valence-electron chi connectivity index (χ1n) is 6.26. The highest BCUT2D eigenvalue weighted by molar-refractivity contribution is 5.27. The summed E-state index contributed by atoms with van der Waals surface area (Å²) >= 11 is 0. The van der Waals surface area contributed by atoms with E-state index in [1.807, 2.05) is 12.1 Å². The second-order valence-electron chi connectivity index (χ2n) is 4.24. The van der Waals surface area contributed by atoms with Gasteiger partial charge in [0.1, 0.15) is 5.75 Å². The van der Waals surface area contributed by atoms with Crippen LogP contribution in [-0.2, 0) is 11.2 Å². The van der Waals surface area contributed by atoms with Crippen molar-refractivity contribution in [1.82, 2.24) is 4.90 Å². The van der Waals surface area contributed by atoms with E-state index in [0.717, 1.165) is 25.3 Å². The summed E-state index contributed by atoms with van der Waals surface area (Å²) in [6.45, 7) is 3.06. The largest absolute Gasteiger partial charge is 0.497 e. The first-order chi connectivity index (χ1) is 8.76. The van der Waals surface area contributed by atoms with Crippen molar-refractivity contribution < 1.29 is 14.6 Å². The molecule has 0 aliphatic carbocycles. The highest BCUT2D eigenvalue weighted by atomic mass is 16.5. The molecule has 0 atom stereocenters. The summed E-state index contributed by atoms with van der Waals surface area (Å²) in [4.78, 5) is 2.22. The number of aliphatic hydroxyl groups excluding tert-OH is 1. The molecule has 0 aliphatic rings. The molecular weight excluding hydrogens is 230 g/mol. The Balaban J connectivity index is 2.18. The highest BCUT2D eigenvalue weighted by Crippen LogP contribution is 2.11. The Bertz CT molecular complexity index is 313. The molecule has 4 nitrogen and oxygen atoms in total. The Hall–Kier alpha value is -1.10. The third-order valence-electron chi connectivity index (χ3n) is 2.79. The van der Waals surface area contributed by atoms with Crippen LogP contribution in [0.1, 0.15) is 5.56 Å². The fraction of sp³-hybridized carbons (Fsp3) is 0.571. The number of hydrogen-bond acceptors (Lipinski definition) is 4. The second-order valence-corrected chi connectivity index (χ2v) is 4.24. The van der Waals surface area contributed by atoms with E-state index in [0.29, 0.717) is 13.2 Å². The van der Waals surface area contributed by atoms with Crippen LogP contribution in [0.4, 0.5) is 0 Å². The van der Waals surface area contributed by atoms with Crippen molar-refractivity contribution in [2.24, 2.45) is 0 Å². The number of rotatable bonds is 9. The van der Waals surface area contributed by atoms with Gasteiger partial charge in [-0.25, -0.2) is 0 Å². The molecular formula is C14H23NO3. The lowest BCUT2D eigenvalue weighted by molar-refractivity contribution is 0.0786. The lowest BCUT2D eigenvalue weighted by Gasteiger charge is -2.16. The maximum absolute atomic E-state index is 8.58. The highest BCUT2D eigenvalue weighted by Gasteiger charge is 2.00. The molecule has 0 saturated heterocycles. The van der Waals surface area contributed by atoms with Crippen molar-refractivity contribution >= 4 is 0 Å². The topological polar surface area (TPSA) is 41.9 Å². The normalized spacial score (nSPS) is 10.9. The number of nitrogens with zero attached hydrogens (tertiary/aromatic N) is 1. The summed E-state index contributed by atoms with van der Waals surface area (Å²) in [5, 5.41) is 8.58. The lowest BCUT2D eigenvalue weighted by atomic mass is 10.1. The van der Waals surface area contributed by atoms with Crippen molar-refractivity contribution in [3.63, 3.8) is 0 Å². The number of methoxy groups -OCH3 is 1. The Morgan fingerprint density at radius 3 is 2.44 bits per heavy atom. The summed E-state index contributed by atoms with van der Waals surface area (Å²) in [6.07, 6.45) is 1.01. The first-order valence-corrected chi connectivity index (χ1v) is 6.26. The van der Waals surface area contributed by atoms with E-state index in [1.54, 1.807) is 7.11 Å². The summed E-state index contributed by atoms with van der Waals surface area (Å²) in [6, 6.07) is 8.16. The van der Waals surface area contributed by atoms with Gasteiger partial charge in [0.05, 0.1) is 26.9 Å². The molecule has 0 unspecified atom stereocenters. The van der Waals surface area contributed by atoms with Crippen LogP contribution >= 0.6 is 0 Å². The second kappa shape index (κ2) is 8.91. The molecule has 0 amide bonds. The molecule has 0 fully saturated rings. The molecule has 18 heavy (non-hydrogen) atoms. The van der Waals surface area contributed by atoms with Gasteiger partial charge in [-0.15, -0.1) is 0 Å². The Kier molecular flexibility index (Phi) is 7.41. The van der Waals surface area contributed by atoms with Gasteiger partial charge in [-0.3, -0.25) is 0 Å². The van der Waals surface area contributed by atoms with Gasteiger partial charge in [-0.1, -0.05) is 12.1 Å². The van der Waals surface area contributed by atoms with Gasteiger partial charge in [0, 0.05) is 13.1 Å². The van der Waals surface area contributed by atoms with Crippen molar-refractivity contribution in [2.45, 2.75) is 6.42 Å². The maximum Gasteiger partial charge on any atom is 0.118 e. The van der Waals surface area contributed by atoms with Crippen molar-refractivity contribution in [1.29, 1.82) is 0 Å². The summed E-state index contributed by atoms with van der Waals surface area (Å²) in [5.74, 6) is 0.893. The van der Waals surface area contributed by atoms with E-state index in [9.17, 15) is 0 Å². The lowest BCUT2D eigenvalue weighted by Crippen LogP contribution is -2.25. The number of aliphatic hydroxyl groups is 1. The molecule has 102 valence electrons. The van der Waals surface area contributed by atoms with Gasteiger partial charge in [0.25, 0.3) is 0 Å². The first kappa shape index (κ1) is 15.0. The van der Waals surface area contributed by atoms with Crippen molar-refractivity contribution in [3.05, 3.63) is 29.8 Å². The predicted molar refractivity (Wildman–Crippen MR) is 72.1 cm³/mol. The van der Waals surface area contributed by atoms with E-state index in [4.69, 9.17) is 14.6 Å². The van der Waals surface area contributed by atoms with Gasteiger partial charge in [-0.2, -0.15) is 0 Å². The van der Waals surface area contributed by atoms with Crippen molar-refractivity contribution in [3.8, 4) is 5.75 Å². The number of hydrogen-bond donors (Lipinski definition) is 1. The molecule has 0 bridgehead atoms. The summed E-state index contributed by atoms with van der Waals surface area (Å²) < 4.78 is 10.4. The Labute approximate surface area is 109 Å². The zero-order chi connectivity index (χ0) is 13.2. The van der Waals surface area contributed by atoms with Crippen LogP contribution in [-0.4, -0.2) is 57.1 Å². The Morgan fingerprint density at radius 2 is 1.83 bits per heavy atom. The quantitative estimate of drug-likeness (QED) is 0.671. The number of benzene rings is 1. The smallest absolute Gasteiger partial charge is 0.118 e. The zero-order valence-corrected chi connectivity index (χ0v) is 11.3. The molecule has 1 aromatic carbocycles. The average Bonchev–Trinajstić information content (AvgIpc) is 2.42. The van der Waals surface area contributed by atoms with Crippen LogP contribution in [0.15, 0.2) is 24.3 Å². The fourth-order valence-corrected chi connectivity index (χ4v) is 1.61. The minimum atomic E-state index is 0.0928. The average molecular weight is 253 g/mol. The third kappa shape index (κ3) is 6.00. The molecule has 0 radical (unpaired) electrons. The molecule has 1 aromatic rings. The Morgan fingerprint density at radius 1 is 1.11 bits per heavy atom. The number of likely N-dealkylation sites (N-methyl/N-ethyl adjacent to an activating group) is 1. The van der Waals surface area contributed by atoms with Crippen molar-refractivity contribution in [2.75, 3.05) is 47.1 Å². The third-order valence-corrected chi connectivity index (χ3v) is 2.79. The maximum atomic E-state index is 8.58. The van der Waals surface area contributed by atoms with E-state index in [2.05, 4.69) is 24.1 Å². The molecule has 1 N–H and O–H groups in total. The van der Waals surface area contributed by atoms with Gasteiger partial charge in [0.2, 0.25) is 0 Å². The fourth-order valence-electron chi connectivity index (χ4n) is 1.61. The number of ether oxygens (including phenoxy) is 2. The monoisotopic (exact) mass is 253 g/mol.